The van der Waals surface area contributed by atoms with Gasteiger partial charge in [-0.1, -0.05) is 35.3 Å². The predicted molar refractivity (Wildman–Crippen MR) is 97.3 cm³/mol. The smallest absolute Gasteiger partial charge is 0.234 e. The summed E-state index contributed by atoms with van der Waals surface area (Å²) < 4.78 is 0. The van der Waals surface area contributed by atoms with Gasteiger partial charge in [0.25, 0.3) is 0 Å². The lowest BCUT2D eigenvalue weighted by Gasteiger charge is -1.99. The zero-order chi connectivity index (χ0) is 16.7. The van der Waals surface area contributed by atoms with Gasteiger partial charge in [0.2, 0.25) is 5.96 Å². The normalized spacial score (nSPS) is 12.2. The summed E-state index contributed by atoms with van der Waals surface area (Å²) in [7, 11) is 0. The van der Waals surface area contributed by atoms with Crippen molar-refractivity contribution in [2.45, 2.75) is 0 Å². The molecule has 0 aliphatic heterocycles. The first-order chi connectivity index (χ1) is 11.0. The number of hydrazone groups is 1. The fourth-order valence-electron chi connectivity index (χ4n) is 1.56. The van der Waals surface area contributed by atoms with Crippen LogP contribution in [0.5, 0.6) is 0 Å². The Hall–Kier alpha value is -2.57. The highest BCUT2D eigenvalue weighted by Crippen LogP contribution is 2.16. The Morgan fingerprint density at radius 2 is 1.70 bits per heavy atom. The van der Waals surface area contributed by atoms with E-state index in [0.29, 0.717) is 21.3 Å². The van der Waals surface area contributed by atoms with Crippen molar-refractivity contribution >= 4 is 47.3 Å². The Bertz CT molecular complexity index is 753. The number of nitrogens with one attached hydrogen (secondary N) is 1. The van der Waals surface area contributed by atoms with E-state index in [-0.39, 0.29) is 5.96 Å². The summed E-state index contributed by atoms with van der Waals surface area (Å²) in [6.45, 7) is 0. The molecular weight excluding hydrogens is 335 g/mol. The molecule has 0 unspecified atom stereocenters. The van der Waals surface area contributed by atoms with Gasteiger partial charge in [0, 0.05) is 21.3 Å². The van der Waals surface area contributed by atoms with Crippen molar-refractivity contribution in [3.8, 4) is 0 Å². The third-order valence-electron chi connectivity index (χ3n) is 2.67. The largest absolute Gasteiger partial charge is 0.398 e. The molecule has 0 saturated heterocycles. The van der Waals surface area contributed by atoms with E-state index in [1.807, 2.05) is 12.1 Å². The molecule has 0 heterocycles. The van der Waals surface area contributed by atoms with Gasteiger partial charge in [-0.2, -0.15) is 10.2 Å². The Morgan fingerprint density at radius 1 is 1.00 bits per heavy atom. The fourth-order valence-corrected chi connectivity index (χ4v) is 1.87. The molecule has 0 fully saturated rings. The van der Waals surface area contributed by atoms with Crippen LogP contribution in [0.25, 0.3) is 0 Å². The lowest BCUT2D eigenvalue weighted by Crippen LogP contribution is -2.26. The number of nitrogens with two attached hydrogens (primary N) is 2. The van der Waals surface area contributed by atoms with E-state index in [1.54, 1.807) is 36.5 Å². The van der Waals surface area contributed by atoms with Gasteiger partial charge >= 0.3 is 0 Å². The van der Waals surface area contributed by atoms with Crippen LogP contribution in [0.15, 0.2) is 57.8 Å². The number of hydrogen-bond donors (Lipinski definition) is 3. The monoisotopic (exact) mass is 348 g/mol. The van der Waals surface area contributed by atoms with E-state index in [1.165, 1.54) is 6.21 Å². The molecule has 0 bridgehead atoms. The Morgan fingerprint density at radius 3 is 2.39 bits per heavy atom. The van der Waals surface area contributed by atoms with Crippen LogP contribution < -0.4 is 16.9 Å². The molecule has 0 aromatic heterocycles. The lowest BCUT2D eigenvalue weighted by atomic mass is 10.2. The first kappa shape index (κ1) is 16.8. The minimum Gasteiger partial charge on any atom is -0.398 e. The van der Waals surface area contributed by atoms with Crippen LogP contribution in [-0.2, 0) is 0 Å². The van der Waals surface area contributed by atoms with E-state index in [4.69, 9.17) is 34.7 Å². The second-order valence-electron chi connectivity index (χ2n) is 4.42. The summed E-state index contributed by atoms with van der Waals surface area (Å²) >= 11 is 11.6. The molecule has 2 aromatic carbocycles. The molecule has 0 atom stereocenters. The summed E-state index contributed by atoms with van der Waals surface area (Å²) in [5.41, 5.74) is 16.0. The van der Waals surface area contributed by atoms with Gasteiger partial charge in [0.05, 0.1) is 12.4 Å². The quantitative estimate of drug-likeness (QED) is 0.342. The molecule has 8 heteroatoms. The van der Waals surface area contributed by atoms with Gasteiger partial charge in [0.1, 0.15) is 0 Å². The fraction of sp³-hybridized carbons (Fsp3) is 0. The van der Waals surface area contributed by atoms with Gasteiger partial charge in [-0.15, -0.1) is 5.10 Å². The molecule has 0 amide bonds. The van der Waals surface area contributed by atoms with Crippen LogP contribution in [0.4, 0.5) is 5.69 Å². The van der Waals surface area contributed by atoms with Crippen LogP contribution in [0, 0.1) is 0 Å². The first-order valence-corrected chi connectivity index (χ1v) is 7.26. The summed E-state index contributed by atoms with van der Waals surface area (Å²) in [4.78, 5) is 0. The van der Waals surface area contributed by atoms with Crippen LogP contribution in [0.2, 0.25) is 10.0 Å². The van der Waals surface area contributed by atoms with Gasteiger partial charge in [-0.25, -0.2) is 5.43 Å². The number of nitrogen functional groups attached to an aromatic ring is 1. The highest BCUT2D eigenvalue weighted by Gasteiger charge is 1.96. The van der Waals surface area contributed by atoms with Crippen LogP contribution in [0.1, 0.15) is 11.1 Å². The summed E-state index contributed by atoms with van der Waals surface area (Å²) in [6, 6.07) is 12.2. The number of halogens is 2. The molecule has 5 N–H and O–H groups in total. The molecule has 2 aromatic rings. The van der Waals surface area contributed by atoms with Gasteiger partial charge in [-0.3, -0.25) is 0 Å². The third kappa shape index (κ3) is 5.61. The number of benzene rings is 2. The zero-order valence-electron chi connectivity index (χ0n) is 11.9. The maximum absolute atomic E-state index is 5.81. The van der Waals surface area contributed by atoms with E-state index < -0.39 is 0 Å². The minimum absolute atomic E-state index is 0.0407. The number of anilines is 1. The third-order valence-corrected chi connectivity index (χ3v) is 3.16. The standard InChI is InChI=1S/C15H14Cl2N6/c16-12-4-1-10(2-5-12)8-20-22-15(19)23-21-9-11-3-6-13(17)7-14(11)18/h1-9H,18H2,(H3,19,22,23)/b20-8+,21-9+. The molecule has 6 nitrogen and oxygen atoms in total. The maximum atomic E-state index is 5.81. The molecule has 0 aliphatic carbocycles. The Labute approximate surface area is 143 Å². The van der Waals surface area contributed by atoms with Gasteiger partial charge < -0.3 is 11.5 Å². The van der Waals surface area contributed by atoms with Crippen molar-refractivity contribution in [2.75, 3.05) is 5.73 Å². The predicted octanol–water partition coefficient (Wildman–Crippen LogP) is 2.85. The highest BCUT2D eigenvalue weighted by molar-refractivity contribution is 6.31. The van der Waals surface area contributed by atoms with E-state index in [0.717, 1.165) is 5.56 Å². The van der Waals surface area contributed by atoms with E-state index in [9.17, 15) is 0 Å². The minimum atomic E-state index is 0.0407. The molecule has 0 spiro atoms. The van der Waals surface area contributed by atoms with Crippen LogP contribution in [0.3, 0.4) is 0 Å². The Balaban J connectivity index is 1.92. The molecule has 0 saturated carbocycles. The van der Waals surface area contributed by atoms with Gasteiger partial charge in [-0.05, 0) is 35.9 Å². The second kappa shape index (κ2) is 8.17. The average Bonchev–Trinajstić information content (AvgIpc) is 2.51. The van der Waals surface area contributed by atoms with Crippen molar-refractivity contribution in [3.63, 3.8) is 0 Å². The lowest BCUT2D eigenvalue weighted by molar-refractivity contribution is 0.994. The highest BCUT2D eigenvalue weighted by atomic mass is 35.5. The molecular formula is C15H14Cl2N6. The van der Waals surface area contributed by atoms with Crippen molar-refractivity contribution in [1.82, 2.24) is 5.43 Å². The molecule has 2 rings (SSSR count). The topological polar surface area (TPSA) is 101 Å². The molecule has 0 radical (unpaired) electrons. The van der Waals surface area contributed by atoms with E-state index >= 15 is 0 Å². The van der Waals surface area contributed by atoms with E-state index in [2.05, 4.69) is 20.7 Å². The summed E-state index contributed by atoms with van der Waals surface area (Å²) in [6.07, 6.45) is 3.06. The van der Waals surface area contributed by atoms with Gasteiger partial charge in [0.15, 0.2) is 0 Å². The maximum Gasteiger partial charge on any atom is 0.234 e. The molecule has 23 heavy (non-hydrogen) atoms. The number of nitrogens with zero attached hydrogens (tertiary/aromatic N) is 3. The number of hydrogen-bond acceptors (Lipinski definition) is 4. The average molecular weight is 349 g/mol. The summed E-state index contributed by atoms with van der Waals surface area (Å²) in [5.74, 6) is 0.0407. The number of rotatable bonds is 4. The van der Waals surface area contributed by atoms with Crippen molar-refractivity contribution in [2.24, 2.45) is 21.0 Å². The Kier molecular flexibility index (Phi) is 5.96. The van der Waals surface area contributed by atoms with Crippen LogP contribution in [-0.4, -0.2) is 18.4 Å². The number of guanidine groups is 1. The van der Waals surface area contributed by atoms with Crippen molar-refractivity contribution in [3.05, 3.63) is 63.6 Å². The summed E-state index contributed by atoms with van der Waals surface area (Å²) in [5, 5.41) is 12.7. The molecule has 118 valence electrons. The van der Waals surface area contributed by atoms with Crippen molar-refractivity contribution < 1.29 is 0 Å². The zero-order valence-corrected chi connectivity index (χ0v) is 13.5. The first-order valence-electron chi connectivity index (χ1n) is 6.51. The second-order valence-corrected chi connectivity index (χ2v) is 5.30. The molecule has 0 aliphatic rings. The van der Waals surface area contributed by atoms with Crippen LogP contribution >= 0.6 is 23.2 Å². The van der Waals surface area contributed by atoms with Crippen molar-refractivity contribution in [1.29, 1.82) is 0 Å². The SMILES string of the molecule is N/C(=N\N=C\c1ccc(Cl)cc1N)N/N=C/c1ccc(Cl)cc1.